The molecule has 0 saturated carbocycles. The maximum Gasteiger partial charge on any atom is 0.276 e. The highest BCUT2D eigenvalue weighted by atomic mass is 16.3. The third-order valence-corrected chi connectivity index (χ3v) is 3.22. The molecule has 3 N–H and O–H groups in total. The number of hydrogen-bond acceptors (Lipinski definition) is 3. The lowest BCUT2D eigenvalue weighted by Crippen LogP contribution is -2.13. The summed E-state index contributed by atoms with van der Waals surface area (Å²) in [4.78, 5) is 12.2. The summed E-state index contributed by atoms with van der Waals surface area (Å²) in [5.41, 5.74) is 3.73. The predicted octanol–water partition coefficient (Wildman–Crippen LogP) is 2.66. The molecule has 0 aliphatic carbocycles. The van der Waals surface area contributed by atoms with Gasteiger partial charge in [0.25, 0.3) is 5.91 Å². The second-order valence-electron chi connectivity index (χ2n) is 5.64. The number of carbonyl (C=O) groups is 1. The van der Waals surface area contributed by atoms with E-state index in [1.165, 1.54) is 0 Å². The highest BCUT2D eigenvalue weighted by molar-refractivity contribution is 6.03. The zero-order chi connectivity index (χ0) is 15.4. The number of aromatic amines is 1. The third kappa shape index (κ3) is 3.92. The van der Waals surface area contributed by atoms with E-state index in [1.807, 2.05) is 19.1 Å². The lowest BCUT2D eigenvalue weighted by atomic mass is 10.1. The Labute approximate surface area is 124 Å². The van der Waals surface area contributed by atoms with E-state index in [0.717, 1.165) is 23.2 Å². The van der Waals surface area contributed by atoms with E-state index in [1.54, 1.807) is 12.1 Å². The van der Waals surface area contributed by atoms with Gasteiger partial charge in [-0.05, 0) is 42.5 Å². The minimum Gasteiger partial charge on any atom is -0.392 e. The number of rotatable bonds is 5. The van der Waals surface area contributed by atoms with Gasteiger partial charge >= 0.3 is 0 Å². The number of amides is 1. The molecule has 112 valence electrons. The summed E-state index contributed by atoms with van der Waals surface area (Å²) in [7, 11) is 0. The fourth-order valence-electron chi connectivity index (χ4n) is 2.11. The first kappa shape index (κ1) is 15.3. The SMILES string of the molecule is Cc1ccc(CO)cc1NC(=O)c1cc(CC(C)C)[nH]n1. The number of hydrogen-bond donors (Lipinski definition) is 3. The summed E-state index contributed by atoms with van der Waals surface area (Å²) in [5.74, 6) is 0.254. The molecule has 0 spiro atoms. The second kappa shape index (κ2) is 6.54. The Kier molecular flexibility index (Phi) is 4.75. The van der Waals surface area contributed by atoms with Crippen LogP contribution in [0.4, 0.5) is 5.69 Å². The molecule has 0 saturated heterocycles. The van der Waals surface area contributed by atoms with Crippen LogP contribution < -0.4 is 5.32 Å². The van der Waals surface area contributed by atoms with Gasteiger partial charge in [-0.1, -0.05) is 26.0 Å². The highest BCUT2D eigenvalue weighted by Gasteiger charge is 2.12. The zero-order valence-electron chi connectivity index (χ0n) is 12.6. The van der Waals surface area contributed by atoms with Gasteiger partial charge in [-0.2, -0.15) is 5.10 Å². The predicted molar refractivity (Wildman–Crippen MR) is 82.2 cm³/mol. The van der Waals surface area contributed by atoms with Crippen molar-refractivity contribution in [3.05, 3.63) is 46.8 Å². The number of anilines is 1. The molecule has 5 heteroatoms. The maximum absolute atomic E-state index is 12.2. The van der Waals surface area contributed by atoms with Crippen LogP contribution in [-0.4, -0.2) is 21.2 Å². The Morgan fingerprint density at radius 3 is 2.81 bits per heavy atom. The summed E-state index contributed by atoms with van der Waals surface area (Å²) < 4.78 is 0. The van der Waals surface area contributed by atoms with Crippen LogP contribution in [0, 0.1) is 12.8 Å². The number of nitrogens with one attached hydrogen (secondary N) is 2. The molecule has 0 aliphatic rings. The number of nitrogens with zero attached hydrogens (tertiary/aromatic N) is 1. The minimum atomic E-state index is -0.251. The van der Waals surface area contributed by atoms with E-state index in [4.69, 9.17) is 5.11 Å². The van der Waals surface area contributed by atoms with Crippen LogP contribution in [-0.2, 0) is 13.0 Å². The van der Waals surface area contributed by atoms with Crippen LogP contribution >= 0.6 is 0 Å². The second-order valence-corrected chi connectivity index (χ2v) is 5.64. The summed E-state index contributed by atoms with van der Waals surface area (Å²) in [6.07, 6.45) is 0.860. The van der Waals surface area contributed by atoms with E-state index in [2.05, 4.69) is 29.4 Å². The molecule has 0 radical (unpaired) electrons. The van der Waals surface area contributed by atoms with Crippen LogP contribution in [0.1, 0.15) is 41.2 Å². The van der Waals surface area contributed by atoms with Crippen molar-refractivity contribution >= 4 is 11.6 Å². The van der Waals surface area contributed by atoms with Gasteiger partial charge in [0.1, 0.15) is 0 Å². The Bertz CT molecular complexity index is 632. The molecule has 0 bridgehead atoms. The van der Waals surface area contributed by atoms with Crippen LogP contribution in [0.2, 0.25) is 0 Å². The molecule has 0 unspecified atom stereocenters. The molecule has 21 heavy (non-hydrogen) atoms. The molecular weight excluding hydrogens is 266 g/mol. The number of benzene rings is 1. The van der Waals surface area contributed by atoms with E-state index in [-0.39, 0.29) is 12.5 Å². The largest absolute Gasteiger partial charge is 0.392 e. The van der Waals surface area contributed by atoms with Crippen molar-refractivity contribution in [1.82, 2.24) is 10.2 Å². The quantitative estimate of drug-likeness (QED) is 0.791. The topological polar surface area (TPSA) is 78.0 Å². The van der Waals surface area contributed by atoms with Crippen LogP contribution in [0.5, 0.6) is 0 Å². The molecule has 2 aromatic rings. The van der Waals surface area contributed by atoms with Crippen molar-refractivity contribution in [3.8, 4) is 0 Å². The molecule has 1 aromatic heterocycles. The van der Waals surface area contributed by atoms with Crippen LogP contribution in [0.3, 0.4) is 0 Å². The van der Waals surface area contributed by atoms with Gasteiger partial charge in [-0.3, -0.25) is 9.89 Å². The zero-order valence-corrected chi connectivity index (χ0v) is 12.6. The molecular formula is C16H21N3O2. The summed E-state index contributed by atoms with van der Waals surface area (Å²) in [6.45, 7) is 6.09. The summed E-state index contributed by atoms with van der Waals surface area (Å²) >= 11 is 0. The Morgan fingerprint density at radius 2 is 2.14 bits per heavy atom. The number of H-pyrrole nitrogens is 1. The van der Waals surface area contributed by atoms with Crippen molar-refractivity contribution in [2.45, 2.75) is 33.8 Å². The molecule has 1 heterocycles. The smallest absolute Gasteiger partial charge is 0.276 e. The molecule has 0 fully saturated rings. The minimum absolute atomic E-state index is 0.0515. The number of carbonyl (C=O) groups excluding carboxylic acids is 1. The first-order valence-electron chi connectivity index (χ1n) is 7.05. The van der Waals surface area contributed by atoms with Crippen LogP contribution in [0.25, 0.3) is 0 Å². The van der Waals surface area contributed by atoms with Gasteiger partial charge in [0.15, 0.2) is 5.69 Å². The number of aliphatic hydroxyl groups is 1. The van der Waals surface area contributed by atoms with Crippen molar-refractivity contribution < 1.29 is 9.90 Å². The van der Waals surface area contributed by atoms with Gasteiger partial charge in [0.05, 0.1) is 6.61 Å². The first-order chi connectivity index (χ1) is 9.99. The van der Waals surface area contributed by atoms with Crippen molar-refractivity contribution in [2.75, 3.05) is 5.32 Å². The van der Waals surface area contributed by atoms with Crippen molar-refractivity contribution in [3.63, 3.8) is 0 Å². The first-order valence-corrected chi connectivity index (χ1v) is 7.05. The number of aryl methyl sites for hydroxylation is 1. The van der Waals surface area contributed by atoms with E-state index < -0.39 is 0 Å². The molecule has 1 aromatic carbocycles. The van der Waals surface area contributed by atoms with E-state index in [9.17, 15) is 4.79 Å². The average Bonchev–Trinajstić information content (AvgIpc) is 2.89. The molecule has 5 nitrogen and oxygen atoms in total. The van der Waals surface area contributed by atoms with Crippen molar-refractivity contribution in [2.24, 2.45) is 5.92 Å². The van der Waals surface area contributed by atoms with E-state index >= 15 is 0 Å². The van der Waals surface area contributed by atoms with Crippen molar-refractivity contribution in [1.29, 1.82) is 0 Å². The molecule has 0 aliphatic heterocycles. The van der Waals surface area contributed by atoms with Crippen LogP contribution in [0.15, 0.2) is 24.3 Å². The lowest BCUT2D eigenvalue weighted by Gasteiger charge is -2.08. The molecule has 2 rings (SSSR count). The third-order valence-electron chi connectivity index (χ3n) is 3.22. The maximum atomic E-state index is 12.2. The Morgan fingerprint density at radius 1 is 1.38 bits per heavy atom. The lowest BCUT2D eigenvalue weighted by molar-refractivity contribution is 0.102. The monoisotopic (exact) mass is 287 g/mol. The average molecular weight is 287 g/mol. The molecule has 0 atom stereocenters. The fraction of sp³-hybridized carbons (Fsp3) is 0.375. The van der Waals surface area contributed by atoms with Gasteiger partial charge in [-0.25, -0.2) is 0 Å². The van der Waals surface area contributed by atoms with Gasteiger partial charge in [0.2, 0.25) is 0 Å². The Balaban J connectivity index is 2.12. The number of aliphatic hydroxyl groups excluding tert-OH is 1. The fourth-order valence-corrected chi connectivity index (χ4v) is 2.11. The van der Waals surface area contributed by atoms with Gasteiger partial charge in [-0.15, -0.1) is 0 Å². The van der Waals surface area contributed by atoms with Gasteiger partial charge in [0, 0.05) is 11.4 Å². The summed E-state index contributed by atoms with van der Waals surface area (Å²) in [6, 6.07) is 7.26. The normalized spacial score (nSPS) is 10.9. The standard InChI is InChI=1S/C16H21N3O2/c1-10(2)6-13-8-15(19-18-13)16(21)17-14-7-12(9-20)5-4-11(14)3/h4-5,7-8,10,20H,6,9H2,1-3H3,(H,17,21)(H,18,19). The summed E-state index contributed by atoms with van der Waals surface area (Å²) in [5, 5.41) is 18.9. The Hall–Kier alpha value is -2.14. The van der Waals surface area contributed by atoms with E-state index in [0.29, 0.717) is 17.3 Å². The molecule has 1 amide bonds. The highest BCUT2D eigenvalue weighted by Crippen LogP contribution is 2.18. The van der Waals surface area contributed by atoms with Gasteiger partial charge < -0.3 is 10.4 Å². The number of aromatic nitrogens is 2.